The maximum atomic E-state index is 13.1. The van der Waals surface area contributed by atoms with Crippen LogP contribution in [0.15, 0.2) is 64.6 Å². The molecule has 54 heavy (non-hydrogen) atoms. The highest BCUT2D eigenvalue weighted by Crippen LogP contribution is 2.43. The first-order valence-electron chi connectivity index (χ1n) is 19.4. The van der Waals surface area contributed by atoms with E-state index in [0.29, 0.717) is 19.6 Å². The normalized spacial score (nSPS) is 18.2. The minimum atomic E-state index is -0.215. The predicted octanol–water partition coefficient (Wildman–Crippen LogP) is 7.51. The molecule has 2 amide bonds. The van der Waals surface area contributed by atoms with Gasteiger partial charge in [0.05, 0.1) is 31.5 Å². The second-order valence-electron chi connectivity index (χ2n) is 19.4. The summed E-state index contributed by atoms with van der Waals surface area (Å²) in [5.41, 5.74) is 9.32. The van der Waals surface area contributed by atoms with Crippen LogP contribution in [0.1, 0.15) is 111 Å². The molecule has 0 bridgehead atoms. The van der Waals surface area contributed by atoms with Crippen LogP contribution in [0.3, 0.4) is 0 Å². The first-order valence-corrected chi connectivity index (χ1v) is 19.4. The molecule has 4 heterocycles. The molecule has 292 valence electrons. The Balaban J connectivity index is 0.000000208. The number of benzene rings is 2. The molecule has 3 aliphatic heterocycles. The number of nitrogens with zero attached hydrogens (tertiary/aromatic N) is 6. The molecule has 3 N–H and O–H groups in total. The van der Waals surface area contributed by atoms with Gasteiger partial charge in [0.1, 0.15) is 17.8 Å². The van der Waals surface area contributed by atoms with Crippen molar-refractivity contribution in [1.29, 1.82) is 0 Å². The van der Waals surface area contributed by atoms with Crippen LogP contribution in [0.4, 0.5) is 11.4 Å². The number of amides is 2. The van der Waals surface area contributed by atoms with Crippen LogP contribution in [0.5, 0.6) is 0 Å². The molecule has 0 radical (unpaired) electrons. The summed E-state index contributed by atoms with van der Waals surface area (Å²) in [5, 5.41) is 24.5. The van der Waals surface area contributed by atoms with Crippen molar-refractivity contribution >= 4 is 23.2 Å². The Morgan fingerprint density at radius 1 is 0.722 bits per heavy atom. The van der Waals surface area contributed by atoms with E-state index < -0.39 is 0 Å². The molecule has 2 atom stereocenters. The van der Waals surface area contributed by atoms with Gasteiger partial charge in [0.15, 0.2) is 0 Å². The van der Waals surface area contributed by atoms with Gasteiger partial charge in [0.2, 0.25) is 11.8 Å². The van der Waals surface area contributed by atoms with Gasteiger partial charge in [0.25, 0.3) is 0 Å². The molecular formula is C43H63N9O2. The van der Waals surface area contributed by atoms with Gasteiger partial charge in [-0.1, -0.05) is 77.9 Å². The van der Waals surface area contributed by atoms with E-state index in [1.807, 2.05) is 6.08 Å². The van der Waals surface area contributed by atoms with E-state index in [-0.39, 0.29) is 45.8 Å². The van der Waals surface area contributed by atoms with Gasteiger partial charge < -0.3 is 20.4 Å². The molecular weight excluding hydrogens is 675 g/mol. The highest BCUT2D eigenvalue weighted by molar-refractivity contribution is 5.90. The quantitative estimate of drug-likeness (QED) is 0.219. The van der Waals surface area contributed by atoms with Crippen molar-refractivity contribution in [2.75, 3.05) is 22.9 Å². The molecule has 0 fully saturated rings. The Bertz CT molecular complexity index is 1850. The standard InChI is InChI=1S/C22H32N4O.C21H31N5O/c1-21(2,3)13-16-9-7-8-15-12-18(26(19(15)16)22(4,5)6)20(27)23-14-17-10-11-24-25-17;1-20(2,3)11-15-9-7-8-14-10-17(26(18(14)15)21(4,5)6)19(27)22-12-16-13-23-25-24-16/h7-10,18H,11-14H2,1-6H3,(H,23,27);7-9,13,17H,10-12H2,1-6H3,(H,22,27)(H,23,24,25)/t18-;/m0./s1. The van der Waals surface area contributed by atoms with Crippen molar-refractivity contribution < 1.29 is 9.59 Å². The van der Waals surface area contributed by atoms with Crippen molar-refractivity contribution in [3.63, 3.8) is 0 Å². The van der Waals surface area contributed by atoms with Crippen LogP contribution in [0, 0.1) is 10.8 Å². The Hall–Kier alpha value is -4.54. The molecule has 0 aliphatic carbocycles. The summed E-state index contributed by atoms with van der Waals surface area (Å²) in [6.07, 6.45) is 7.03. The molecule has 0 spiro atoms. The summed E-state index contributed by atoms with van der Waals surface area (Å²) in [7, 11) is 0. The van der Waals surface area contributed by atoms with Crippen LogP contribution < -0.4 is 20.4 Å². The average molecular weight is 738 g/mol. The lowest BCUT2D eigenvalue weighted by Gasteiger charge is -2.40. The number of fused-ring (bicyclic) bond motifs is 2. The lowest BCUT2D eigenvalue weighted by atomic mass is 9.86. The number of hydrogen-bond donors (Lipinski definition) is 3. The first kappa shape index (κ1) is 40.6. The lowest BCUT2D eigenvalue weighted by molar-refractivity contribution is -0.123. The van der Waals surface area contributed by atoms with Crippen LogP contribution in [-0.4, -0.2) is 63.5 Å². The zero-order valence-corrected chi connectivity index (χ0v) is 34.7. The fourth-order valence-corrected chi connectivity index (χ4v) is 7.93. The third-order valence-corrected chi connectivity index (χ3v) is 9.79. The number of carbonyl (C=O) groups excluding carboxylic acids is 2. The molecule has 1 unspecified atom stereocenters. The summed E-state index contributed by atoms with van der Waals surface area (Å²) in [6.45, 7) is 28.1. The molecule has 0 saturated carbocycles. The number of azo groups is 1. The zero-order chi connectivity index (χ0) is 39.6. The number of anilines is 2. The van der Waals surface area contributed by atoms with Crippen LogP contribution in [0.25, 0.3) is 0 Å². The SMILES string of the molecule is CC(C)(C)Cc1cccc2c1N(C(C)(C)C)C(C(=O)NCc1cn[nH]n1)C2.CC(C)(C)Cc1cccc2c1N(C(C)(C)C)[C@H](C(=O)NCC1=CCN=N1)C2. The minimum Gasteiger partial charge on any atom is -0.354 e. The third kappa shape index (κ3) is 9.95. The van der Waals surface area contributed by atoms with E-state index in [1.165, 1.54) is 33.6 Å². The van der Waals surface area contributed by atoms with Crippen LogP contribution in [-0.2, 0) is 41.8 Å². The summed E-state index contributed by atoms with van der Waals surface area (Å²) in [5.74, 6) is 0.0941. The second kappa shape index (κ2) is 15.7. The number of carbonyl (C=O) groups is 2. The summed E-state index contributed by atoms with van der Waals surface area (Å²) in [6, 6.07) is 12.6. The van der Waals surface area contributed by atoms with E-state index in [4.69, 9.17) is 0 Å². The van der Waals surface area contributed by atoms with Crippen LogP contribution >= 0.6 is 0 Å². The molecule has 1 aromatic heterocycles. The number of H-pyrrole nitrogens is 1. The Morgan fingerprint density at radius 2 is 1.20 bits per heavy atom. The Morgan fingerprint density at radius 3 is 1.59 bits per heavy atom. The van der Waals surface area contributed by atoms with E-state index >= 15 is 0 Å². The zero-order valence-electron chi connectivity index (χ0n) is 34.7. The van der Waals surface area contributed by atoms with E-state index in [2.05, 4.69) is 166 Å². The minimum absolute atomic E-state index is 0.0332. The molecule has 6 rings (SSSR count). The van der Waals surface area contributed by atoms with Crippen molar-refractivity contribution in [3.8, 4) is 0 Å². The average Bonchev–Trinajstić information content (AvgIpc) is 3.87. The Kier molecular flexibility index (Phi) is 11.8. The number of nitrogens with one attached hydrogen (secondary N) is 3. The summed E-state index contributed by atoms with van der Waals surface area (Å²) in [4.78, 5) is 30.8. The monoisotopic (exact) mass is 738 g/mol. The first-order chi connectivity index (χ1) is 25.1. The maximum absolute atomic E-state index is 13.1. The van der Waals surface area contributed by atoms with Gasteiger partial charge in [-0.25, -0.2) is 0 Å². The molecule has 11 nitrogen and oxygen atoms in total. The van der Waals surface area contributed by atoms with Crippen molar-refractivity contribution in [1.82, 2.24) is 26.0 Å². The van der Waals surface area contributed by atoms with Crippen LogP contribution in [0.2, 0.25) is 0 Å². The molecule has 3 aromatic rings. The highest BCUT2D eigenvalue weighted by atomic mass is 16.2. The molecule has 3 aliphatic rings. The summed E-state index contributed by atoms with van der Waals surface area (Å²) >= 11 is 0. The molecule has 11 heteroatoms. The van der Waals surface area contributed by atoms with Crippen molar-refractivity contribution in [2.24, 2.45) is 21.1 Å². The smallest absolute Gasteiger partial charge is 0.243 e. The lowest BCUT2D eigenvalue weighted by Crippen LogP contribution is -2.53. The third-order valence-electron chi connectivity index (χ3n) is 9.79. The van der Waals surface area contributed by atoms with E-state index in [9.17, 15) is 9.59 Å². The number of aromatic nitrogens is 3. The van der Waals surface area contributed by atoms with Crippen molar-refractivity contribution in [3.05, 3.63) is 82.3 Å². The number of para-hydroxylation sites is 2. The van der Waals surface area contributed by atoms with Gasteiger partial charge in [-0.15, -0.1) is 0 Å². The summed E-state index contributed by atoms with van der Waals surface area (Å²) < 4.78 is 0. The van der Waals surface area contributed by atoms with Crippen molar-refractivity contribution in [2.45, 2.75) is 138 Å². The fraction of sp³-hybridized carbons (Fsp3) is 0.581. The van der Waals surface area contributed by atoms with Gasteiger partial charge in [-0.3, -0.25) is 9.59 Å². The molecule has 0 saturated heterocycles. The fourth-order valence-electron chi connectivity index (χ4n) is 7.93. The molecule has 2 aromatic carbocycles. The van der Waals surface area contributed by atoms with E-state index in [1.54, 1.807) is 6.20 Å². The van der Waals surface area contributed by atoms with E-state index in [0.717, 1.165) is 37.1 Å². The highest BCUT2D eigenvalue weighted by Gasteiger charge is 2.43. The van der Waals surface area contributed by atoms with Gasteiger partial charge in [-0.05, 0) is 93.5 Å². The largest absolute Gasteiger partial charge is 0.354 e. The Labute approximate surface area is 322 Å². The number of aromatic amines is 1. The number of rotatable bonds is 8. The van der Waals surface area contributed by atoms with Gasteiger partial charge in [0, 0.05) is 35.3 Å². The second-order valence-corrected chi connectivity index (χ2v) is 19.4. The van der Waals surface area contributed by atoms with Gasteiger partial charge in [-0.2, -0.15) is 25.6 Å². The maximum Gasteiger partial charge on any atom is 0.243 e. The van der Waals surface area contributed by atoms with Gasteiger partial charge >= 0.3 is 0 Å². The topological polar surface area (TPSA) is 131 Å². The predicted molar refractivity (Wildman–Crippen MR) is 218 cm³/mol. The number of hydrogen-bond acceptors (Lipinski definition) is 8.